The predicted octanol–water partition coefficient (Wildman–Crippen LogP) is -0.928. The third-order valence-corrected chi connectivity index (χ3v) is 4.19. The van der Waals surface area contributed by atoms with Gasteiger partial charge >= 0.3 is 25.5 Å². The van der Waals surface area contributed by atoms with Gasteiger partial charge in [0.05, 0.1) is 6.61 Å². The van der Waals surface area contributed by atoms with Crippen molar-refractivity contribution in [1.29, 1.82) is 0 Å². The Morgan fingerprint density at radius 2 is 1.80 bits per heavy atom. The van der Waals surface area contributed by atoms with Crippen molar-refractivity contribution in [3.63, 3.8) is 0 Å². The summed E-state index contributed by atoms with van der Waals surface area (Å²) in [7, 11) is -4.90. The monoisotopic (exact) mass is 449 g/mol. The zero-order chi connectivity index (χ0) is 22.6. The van der Waals surface area contributed by atoms with Crippen LogP contribution in [0.15, 0.2) is 17.1 Å². The highest BCUT2D eigenvalue weighted by Crippen LogP contribution is 2.39. The normalized spacial score (nSPS) is 23.6. The van der Waals surface area contributed by atoms with Crippen LogP contribution in [0.25, 0.3) is 0 Å². The lowest BCUT2D eigenvalue weighted by Crippen LogP contribution is -2.41. The average molecular weight is 449 g/mol. The van der Waals surface area contributed by atoms with Crippen LogP contribution in [0.1, 0.15) is 27.0 Å². The van der Waals surface area contributed by atoms with Crippen molar-refractivity contribution in [3.8, 4) is 0 Å². The molecule has 1 unspecified atom stereocenters. The van der Waals surface area contributed by atoms with E-state index in [9.17, 15) is 23.7 Å². The van der Waals surface area contributed by atoms with Gasteiger partial charge in [0.1, 0.15) is 11.9 Å². The smallest absolute Gasteiger partial charge is 0.456 e. The lowest BCUT2D eigenvalue weighted by Gasteiger charge is -2.24. The van der Waals surface area contributed by atoms with Crippen LogP contribution in [0.2, 0.25) is 0 Å². The second kappa shape index (κ2) is 9.45. The summed E-state index contributed by atoms with van der Waals surface area (Å²) in [5.41, 5.74) is -0.901. The van der Waals surface area contributed by atoms with Gasteiger partial charge in [0, 0.05) is 27.0 Å². The van der Waals surface area contributed by atoms with Crippen molar-refractivity contribution < 1.29 is 47.5 Å². The summed E-state index contributed by atoms with van der Waals surface area (Å²) in [4.78, 5) is 68.1. The molecule has 1 aliphatic heterocycles. The molecule has 0 aliphatic carbocycles. The molecule has 1 aromatic heterocycles. The van der Waals surface area contributed by atoms with E-state index >= 15 is 0 Å². The maximum absolute atomic E-state index is 12.4. The molecule has 0 spiro atoms. The second-order valence-electron chi connectivity index (χ2n) is 6.18. The Balaban J connectivity index is 2.41. The van der Waals surface area contributed by atoms with E-state index in [2.05, 4.69) is 14.8 Å². The first kappa shape index (κ1) is 23.6. The summed E-state index contributed by atoms with van der Waals surface area (Å²) < 4.78 is 32.2. The maximum atomic E-state index is 12.4. The van der Waals surface area contributed by atoms with E-state index in [0.29, 0.717) is 0 Å². The quantitative estimate of drug-likeness (QED) is 0.343. The summed E-state index contributed by atoms with van der Waals surface area (Å²) in [6, 6.07) is 1.28. The summed E-state index contributed by atoms with van der Waals surface area (Å²) in [5, 5.41) is 2.32. The van der Waals surface area contributed by atoms with Gasteiger partial charge in [-0.2, -0.15) is 4.98 Å². The van der Waals surface area contributed by atoms with Crippen molar-refractivity contribution in [2.75, 3.05) is 11.9 Å². The Labute approximate surface area is 169 Å². The second-order valence-corrected chi connectivity index (χ2v) is 7.42. The number of amides is 1. The predicted molar refractivity (Wildman–Crippen MR) is 95.8 cm³/mol. The number of hydrogen-bond acceptors (Lipinski definition) is 10. The van der Waals surface area contributed by atoms with Crippen molar-refractivity contribution in [2.45, 2.75) is 45.3 Å². The number of nitrogens with one attached hydrogen (secondary N) is 1. The molecular formula is C15H20N3O11P. The Hall–Kier alpha value is -2.64. The fraction of sp³-hybridized carbons (Fsp3) is 0.533. The average Bonchev–Trinajstić information content (AvgIpc) is 2.88. The molecule has 0 aromatic carbocycles. The number of esters is 2. The highest BCUT2D eigenvalue weighted by atomic mass is 31.2. The molecule has 1 saturated heterocycles. The van der Waals surface area contributed by atoms with Gasteiger partial charge in [-0.25, -0.2) is 9.36 Å². The van der Waals surface area contributed by atoms with E-state index in [4.69, 9.17) is 24.0 Å². The van der Waals surface area contributed by atoms with Crippen LogP contribution in [0.4, 0.5) is 5.82 Å². The van der Waals surface area contributed by atoms with Crippen LogP contribution in [-0.2, 0) is 37.7 Å². The van der Waals surface area contributed by atoms with E-state index in [1.54, 1.807) is 0 Å². The fourth-order valence-electron chi connectivity index (χ4n) is 2.74. The van der Waals surface area contributed by atoms with Crippen LogP contribution in [0.3, 0.4) is 0 Å². The third kappa shape index (κ3) is 6.43. The van der Waals surface area contributed by atoms with E-state index in [0.717, 1.165) is 18.4 Å². The Morgan fingerprint density at radius 3 is 2.30 bits per heavy atom. The fourth-order valence-corrected chi connectivity index (χ4v) is 3.09. The number of hydrogen-bond donors (Lipinski definition) is 3. The summed E-state index contributed by atoms with van der Waals surface area (Å²) in [6.45, 7) is 2.62. The number of carbonyl (C=O) groups is 3. The molecule has 2 heterocycles. The summed E-state index contributed by atoms with van der Waals surface area (Å²) in [5.74, 6) is -2.09. The number of ether oxygens (including phenoxy) is 3. The van der Waals surface area contributed by atoms with Gasteiger partial charge in [0.2, 0.25) is 5.91 Å². The molecule has 4 atom stereocenters. The van der Waals surface area contributed by atoms with Crippen molar-refractivity contribution in [1.82, 2.24) is 9.55 Å². The molecule has 1 aliphatic rings. The number of rotatable bonds is 7. The van der Waals surface area contributed by atoms with Crippen LogP contribution in [-0.4, -0.2) is 62.1 Å². The minimum absolute atomic E-state index is 0.0382. The number of phosphoric ester groups is 1. The third-order valence-electron chi connectivity index (χ3n) is 3.70. The van der Waals surface area contributed by atoms with Gasteiger partial charge in [-0.1, -0.05) is 0 Å². The topological polar surface area (TPSA) is 193 Å². The molecule has 1 amide bonds. The van der Waals surface area contributed by atoms with E-state index < -0.39 is 62.5 Å². The van der Waals surface area contributed by atoms with E-state index in [1.165, 1.54) is 19.2 Å². The molecule has 14 nitrogen and oxygen atoms in total. The number of carbonyl (C=O) groups excluding carboxylic acids is 3. The van der Waals surface area contributed by atoms with Crippen LogP contribution >= 0.6 is 7.82 Å². The lowest BCUT2D eigenvalue weighted by molar-refractivity contribution is -0.165. The van der Waals surface area contributed by atoms with Crippen molar-refractivity contribution in [2.24, 2.45) is 0 Å². The van der Waals surface area contributed by atoms with Gasteiger partial charge in [-0.05, 0) is 6.07 Å². The lowest BCUT2D eigenvalue weighted by atomic mass is 10.1. The van der Waals surface area contributed by atoms with E-state index in [-0.39, 0.29) is 5.82 Å². The number of aromatic nitrogens is 2. The Bertz CT molecular complexity index is 927. The van der Waals surface area contributed by atoms with Gasteiger partial charge in [0.15, 0.2) is 18.4 Å². The van der Waals surface area contributed by atoms with Gasteiger partial charge in [-0.15, -0.1) is 0 Å². The Kier molecular flexibility index (Phi) is 7.44. The summed E-state index contributed by atoms with van der Waals surface area (Å²) in [6.07, 6.45) is -4.17. The molecule has 166 valence electrons. The first-order chi connectivity index (χ1) is 13.9. The molecule has 30 heavy (non-hydrogen) atoms. The highest BCUT2D eigenvalue weighted by Gasteiger charge is 2.51. The van der Waals surface area contributed by atoms with Crippen molar-refractivity contribution in [3.05, 3.63) is 22.7 Å². The zero-order valence-electron chi connectivity index (χ0n) is 16.1. The molecule has 1 aromatic rings. The minimum Gasteiger partial charge on any atom is -0.456 e. The molecular weight excluding hydrogens is 429 g/mol. The van der Waals surface area contributed by atoms with E-state index in [1.807, 2.05) is 0 Å². The van der Waals surface area contributed by atoms with Gasteiger partial charge in [-0.3, -0.25) is 23.5 Å². The number of anilines is 1. The van der Waals surface area contributed by atoms with Crippen LogP contribution < -0.4 is 11.0 Å². The first-order valence-corrected chi connectivity index (χ1v) is 9.97. The molecule has 0 saturated carbocycles. The number of phosphoric acid groups is 1. The Morgan fingerprint density at radius 1 is 1.20 bits per heavy atom. The molecule has 15 heteroatoms. The van der Waals surface area contributed by atoms with Gasteiger partial charge < -0.3 is 29.3 Å². The largest absolute Gasteiger partial charge is 0.469 e. The van der Waals surface area contributed by atoms with Crippen LogP contribution in [0.5, 0.6) is 0 Å². The zero-order valence-corrected chi connectivity index (χ0v) is 17.0. The SMILES string of the molecule is CC(=O)Nc1ccn([C@@H]2O[C@H](COP(=O)(O)O)[C@H](OC(C)=O)C2OC(C)=O)c(=O)n1. The molecule has 0 radical (unpaired) electrons. The maximum Gasteiger partial charge on any atom is 0.469 e. The molecule has 3 N–H and O–H groups in total. The molecule has 1 fully saturated rings. The minimum atomic E-state index is -4.90. The van der Waals surface area contributed by atoms with Crippen LogP contribution in [0, 0.1) is 0 Å². The van der Waals surface area contributed by atoms with Crippen molar-refractivity contribution >= 4 is 31.5 Å². The standard InChI is InChI=1S/C15H20N3O11P/c1-7(19)16-11-4-5-18(15(22)17-11)14-13(28-9(3)21)12(27-8(2)20)10(29-14)6-26-30(23,24)25/h4-5,10,12-14H,6H2,1-3H3,(H2,23,24,25)(H,16,17,19,22)/t10-,12+,13?,14-/m1/s1. The van der Waals surface area contributed by atoms with Gasteiger partial charge in [0.25, 0.3) is 0 Å². The number of nitrogens with zero attached hydrogens (tertiary/aromatic N) is 2. The first-order valence-electron chi connectivity index (χ1n) is 8.44. The summed E-state index contributed by atoms with van der Waals surface area (Å²) >= 11 is 0. The molecule has 0 bridgehead atoms. The molecule has 2 rings (SSSR count). The highest BCUT2D eigenvalue weighted by molar-refractivity contribution is 7.46.